The van der Waals surface area contributed by atoms with Crippen molar-refractivity contribution in [3.05, 3.63) is 79.1 Å². The lowest BCUT2D eigenvalue weighted by molar-refractivity contribution is 0.259. The third-order valence-corrected chi connectivity index (χ3v) is 6.22. The van der Waals surface area contributed by atoms with E-state index < -0.39 is 0 Å². The lowest BCUT2D eigenvalue weighted by atomic mass is 9.96. The number of likely N-dealkylation sites (tertiary alicyclic amines) is 1. The minimum atomic E-state index is 0.628. The summed E-state index contributed by atoms with van der Waals surface area (Å²) in [5.41, 5.74) is 12.7. The summed E-state index contributed by atoms with van der Waals surface area (Å²) in [6, 6.07) is 20.7. The zero-order chi connectivity index (χ0) is 21.2. The number of aromatic nitrogens is 3. The molecule has 1 fully saturated rings. The molecule has 0 aliphatic carbocycles. The molecule has 0 bridgehead atoms. The Bertz CT molecular complexity index is 1200. The highest BCUT2D eigenvalue weighted by molar-refractivity contribution is 5.86. The van der Waals surface area contributed by atoms with E-state index in [1.54, 1.807) is 0 Å². The fourth-order valence-electron chi connectivity index (χ4n) is 4.29. The van der Waals surface area contributed by atoms with Crippen molar-refractivity contribution in [2.45, 2.75) is 12.8 Å². The van der Waals surface area contributed by atoms with Crippen LogP contribution in [-0.2, 0) is 0 Å². The van der Waals surface area contributed by atoms with Gasteiger partial charge in [-0.2, -0.15) is 0 Å². The monoisotopic (exact) mass is 409 g/mol. The minimum Gasteiger partial charge on any atom is -0.370 e. The zero-order valence-corrected chi connectivity index (χ0v) is 17.6. The molecule has 1 aliphatic rings. The fourth-order valence-corrected chi connectivity index (χ4v) is 4.29. The Labute approximate surface area is 182 Å². The summed E-state index contributed by atoms with van der Waals surface area (Å²) < 4.78 is 0. The third-order valence-electron chi connectivity index (χ3n) is 6.22. The second kappa shape index (κ2) is 8.36. The molecule has 4 aromatic rings. The van der Waals surface area contributed by atoms with Crippen molar-refractivity contribution >= 4 is 16.7 Å². The van der Waals surface area contributed by atoms with Crippen LogP contribution in [0.15, 0.2) is 73.4 Å². The van der Waals surface area contributed by atoms with Crippen LogP contribution in [0.3, 0.4) is 0 Å². The van der Waals surface area contributed by atoms with Gasteiger partial charge in [0.2, 0.25) is 0 Å². The van der Waals surface area contributed by atoms with Gasteiger partial charge in [0, 0.05) is 35.9 Å². The summed E-state index contributed by atoms with van der Waals surface area (Å²) in [7, 11) is 0. The number of fused-ring (bicyclic) bond motifs is 1. The first kappa shape index (κ1) is 19.5. The molecule has 3 aromatic heterocycles. The number of nitrogens with zero attached hydrogens (tertiary/aromatic N) is 3. The average Bonchev–Trinajstić information content (AvgIpc) is 3.28. The van der Waals surface area contributed by atoms with Gasteiger partial charge in [0.1, 0.15) is 5.65 Å². The van der Waals surface area contributed by atoms with Crippen molar-refractivity contribution in [3.8, 4) is 22.5 Å². The molecule has 1 aromatic carbocycles. The second-order valence-corrected chi connectivity index (χ2v) is 8.23. The number of nitrogens with one attached hydrogen (secondary N) is 1. The first-order chi connectivity index (χ1) is 15.2. The molecule has 5 rings (SSSR count). The van der Waals surface area contributed by atoms with Crippen LogP contribution in [0.2, 0.25) is 0 Å². The summed E-state index contributed by atoms with van der Waals surface area (Å²) in [6.07, 6.45) is 4.12. The molecule has 0 saturated carbocycles. The molecule has 0 unspecified atom stereocenters. The van der Waals surface area contributed by atoms with Gasteiger partial charge in [-0.25, -0.2) is 9.97 Å². The summed E-state index contributed by atoms with van der Waals surface area (Å²) in [6.45, 7) is 7.09. The summed E-state index contributed by atoms with van der Waals surface area (Å²) >= 11 is 0. The Kier molecular flexibility index (Phi) is 5.26. The maximum absolute atomic E-state index is 5.83. The lowest BCUT2D eigenvalue weighted by Gasteiger charge is -2.34. The summed E-state index contributed by atoms with van der Waals surface area (Å²) in [4.78, 5) is 15.3. The summed E-state index contributed by atoms with van der Waals surface area (Å²) in [5, 5.41) is 1.08. The number of rotatable bonds is 5. The quantitative estimate of drug-likeness (QED) is 0.490. The standard InChI is InChI=1S/C26H27N5/c1-18(31-12-10-19(16-27)11-13-31)23-8-5-9-24(29-23)22-14-21-15-25(30-26(21)28-17-22)20-6-3-2-4-7-20/h2-9,14-15,17,19H,1,10-13,16,27H2,(H,28,30). The average molecular weight is 410 g/mol. The Hall–Kier alpha value is -3.44. The van der Waals surface area contributed by atoms with Gasteiger partial charge in [0.25, 0.3) is 0 Å². The van der Waals surface area contributed by atoms with Gasteiger partial charge in [-0.1, -0.05) is 43.0 Å². The maximum Gasteiger partial charge on any atom is 0.137 e. The van der Waals surface area contributed by atoms with Crippen LogP contribution in [0.5, 0.6) is 0 Å². The number of nitrogens with two attached hydrogens (primary N) is 1. The Balaban J connectivity index is 1.41. The van der Waals surface area contributed by atoms with Crippen molar-refractivity contribution in [3.63, 3.8) is 0 Å². The SMILES string of the molecule is C=C(c1cccc(-c2cnc3[nH]c(-c4ccccc4)cc3c2)n1)N1CCC(CN)CC1. The van der Waals surface area contributed by atoms with Gasteiger partial charge >= 0.3 is 0 Å². The molecule has 0 spiro atoms. The number of H-pyrrole nitrogens is 1. The summed E-state index contributed by atoms with van der Waals surface area (Å²) in [5.74, 6) is 0.628. The van der Waals surface area contributed by atoms with E-state index >= 15 is 0 Å². The van der Waals surface area contributed by atoms with Gasteiger partial charge in [-0.15, -0.1) is 0 Å². The first-order valence-electron chi connectivity index (χ1n) is 10.9. The highest BCUT2D eigenvalue weighted by Crippen LogP contribution is 2.28. The van der Waals surface area contributed by atoms with E-state index in [1.165, 1.54) is 0 Å². The van der Waals surface area contributed by atoms with Crippen LogP contribution >= 0.6 is 0 Å². The van der Waals surface area contributed by atoms with Gasteiger partial charge in [-0.3, -0.25) is 0 Å². The van der Waals surface area contributed by atoms with Gasteiger partial charge in [-0.05, 0) is 55.1 Å². The van der Waals surface area contributed by atoms with E-state index in [-0.39, 0.29) is 0 Å². The molecule has 0 atom stereocenters. The molecular weight excluding hydrogens is 382 g/mol. The Morgan fingerprint density at radius 1 is 1.03 bits per heavy atom. The third kappa shape index (κ3) is 3.97. The van der Waals surface area contributed by atoms with Crippen molar-refractivity contribution in [1.29, 1.82) is 0 Å². The van der Waals surface area contributed by atoms with Crippen molar-refractivity contribution in [2.24, 2.45) is 11.7 Å². The van der Waals surface area contributed by atoms with Crippen LogP contribution in [0.4, 0.5) is 0 Å². The predicted molar refractivity (Wildman–Crippen MR) is 127 cm³/mol. The fraction of sp³-hybridized carbons (Fsp3) is 0.231. The second-order valence-electron chi connectivity index (χ2n) is 8.23. The maximum atomic E-state index is 5.83. The number of piperidine rings is 1. The largest absolute Gasteiger partial charge is 0.370 e. The molecule has 1 aliphatic heterocycles. The van der Waals surface area contributed by atoms with Crippen molar-refractivity contribution in [2.75, 3.05) is 19.6 Å². The molecule has 5 heteroatoms. The lowest BCUT2D eigenvalue weighted by Crippen LogP contribution is -2.34. The van der Waals surface area contributed by atoms with Crippen LogP contribution in [0.1, 0.15) is 18.5 Å². The minimum absolute atomic E-state index is 0.628. The number of pyridine rings is 2. The molecule has 3 N–H and O–H groups in total. The van der Waals surface area contributed by atoms with E-state index in [2.05, 4.69) is 45.7 Å². The normalized spacial score (nSPS) is 14.8. The highest BCUT2D eigenvalue weighted by atomic mass is 15.1. The molecule has 0 amide bonds. The van der Waals surface area contributed by atoms with Crippen LogP contribution in [0.25, 0.3) is 39.2 Å². The van der Waals surface area contributed by atoms with Gasteiger partial charge in [0.05, 0.1) is 17.1 Å². The molecule has 4 heterocycles. The molecule has 156 valence electrons. The number of hydrogen-bond acceptors (Lipinski definition) is 4. The molecular formula is C26H27N5. The zero-order valence-electron chi connectivity index (χ0n) is 17.6. The van der Waals surface area contributed by atoms with Crippen LogP contribution < -0.4 is 5.73 Å². The van der Waals surface area contributed by atoms with Gasteiger partial charge < -0.3 is 15.6 Å². The van der Waals surface area contributed by atoms with Crippen LogP contribution in [0, 0.1) is 5.92 Å². The van der Waals surface area contributed by atoms with Crippen molar-refractivity contribution < 1.29 is 0 Å². The molecule has 31 heavy (non-hydrogen) atoms. The van der Waals surface area contributed by atoms with E-state index in [4.69, 9.17) is 10.7 Å². The Morgan fingerprint density at radius 3 is 2.61 bits per heavy atom. The highest BCUT2D eigenvalue weighted by Gasteiger charge is 2.20. The molecule has 0 radical (unpaired) electrons. The molecule has 5 nitrogen and oxygen atoms in total. The predicted octanol–water partition coefficient (Wildman–Crippen LogP) is 4.93. The van der Waals surface area contributed by atoms with E-state index in [1.807, 2.05) is 42.6 Å². The van der Waals surface area contributed by atoms with E-state index in [0.29, 0.717) is 5.92 Å². The van der Waals surface area contributed by atoms with Crippen LogP contribution in [-0.4, -0.2) is 39.5 Å². The Morgan fingerprint density at radius 2 is 1.84 bits per heavy atom. The number of hydrogen-bond donors (Lipinski definition) is 2. The van der Waals surface area contributed by atoms with E-state index in [0.717, 1.165) is 77.4 Å². The molecule has 1 saturated heterocycles. The van der Waals surface area contributed by atoms with Gasteiger partial charge in [0.15, 0.2) is 0 Å². The van der Waals surface area contributed by atoms with Crippen molar-refractivity contribution in [1.82, 2.24) is 19.9 Å². The smallest absolute Gasteiger partial charge is 0.137 e. The number of aromatic amines is 1. The first-order valence-corrected chi connectivity index (χ1v) is 10.9. The number of benzene rings is 1. The topological polar surface area (TPSA) is 70.8 Å². The van der Waals surface area contributed by atoms with E-state index in [9.17, 15) is 0 Å².